The van der Waals surface area contributed by atoms with Gasteiger partial charge in [-0.3, -0.25) is 4.79 Å². The molecule has 1 atom stereocenters. The van der Waals surface area contributed by atoms with Crippen LogP contribution in [0.3, 0.4) is 0 Å². The first kappa shape index (κ1) is 16.8. The zero-order valence-corrected chi connectivity index (χ0v) is 15.6. The van der Waals surface area contributed by atoms with Crippen LogP contribution in [-0.2, 0) is 6.54 Å². The largest absolute Gasteiger partial charge is 0.451 e. The summed E-state index contributed by atoms with van der Waals surface area (Å²) in [6, 6.07) is 5.74. The van der Waals surface area contributed by atoms with Crippen LogP contribution in [-0.4, -0.2) is 22.0 Å². The van der Waals surface area contributed by atoms with E-state index in [-0.39, 0.29) is 5.91 Å². The van der Waals surface area contributed by atoms with Crippen LogP contribution < -0.4 is 5.32 Å². The number of aromatic nitrogens is 2. The average Bonchev–Trinajstić information content (AvgIpc) is 3.09. The van der Waals surface area contributed by atoms with Gasteiger partial charge in [-0.1, -0.05) is 22.9 Å². The molecule has 1 aromatic carbocycles. The number of furan rings is 1. The Balaban J connectivity index is 1.67. The molecule has 2 heterocycles. The van der Waals surface area contributed by atoms with E-state index in [1.807, 2.05) is 38.2 Å². The highest BCUT2D eigenvalue weighted by Gasteiger charge is 2.18. The summed E-state index contributed by atoms with van der Waals surface area (Å²) in [6.07, 6.45) is 3.74. The second-order valence-electron chi connectivity index (χ2n) is 6.14. The van der Waals surface area contributed by atoms with Crippen LogP contribution in [0.5, 0.6) is 0 Å². The molecule has 3 aromatic rings. The van der Waals surface area contributed by atoms with Gasteiger partial charge in [0.2, 0.25) is 0 Å². The molecule has 0 spiro atoms. The van der Waals surface area contributed by atoms with Gasteiger partial charge in [0, 0.05) is 40.9 Å². The summed E-state index contributed by atoms with van der Waals surface area (Å²) < 4.78 is 8.78. The highest BCUT2D eigenvalue weighted by Crippen LogP contribution is 2.28. The molecule has 6 heteroatoms. The van der Waals surface area contributed by atoms with Crippen LogP contribution in [0.15, 0.2) is 39.5 Å². The molecule has 0 aliphatic heterocycles. The molecule has 0 aliphatic rings. The predicted molar refractivity (Wildman–Crippen MR) is 97.1 cm³/mol. The summed E-state index contributed by atoms with van der Waals surface area (Å²) in [5.74, 6) is 1.48. The molecule has 1 N–H and O–H groups in total. The molecule has 0 radical (unpaired) electrons. The molecule has 0 aliphatic carbocycles. The Kier molecular flexibility index (Phi) is 4.76. The first-order valence-corrected chi connectivity index (χ1v) is 8.69. The van der Waals surface area contributed by atoms with Gasteiger partial charge >= 0.3 is 0 Å². The van der Waals surface area contributed by atoms with Gasteiger partial charge in [-0.15, -0.1) is 0 Å². The zero-order chi connectivity index (χ0) is 17.3. The van der Waals surface area contributed by atoms with Crippen molar-refractivity contribution in [3.8, 4) is 0 Å². The molecular weight excluding hydrogens is 370 g/mol. The van der Waals surface area contributed by atoms with Crippen LogP contribution >= 0.6 is 15.9 Å². The number of hydrogen-bond donors (Lipinski definition) is 1. The maximum absolute atomic E-state index is 12.5. The Labute approximate surface area is 149 Å². The molecule has 1 unspecified atom stereocenters. The fourth-order valence-corrected chi connectivity index (χ4v) is 3.12. The fraction of sp³-hybridized carbons (Fsp3) is 0.333. The number of hydrogen-bond acceptors (Lipinski definition) is 3. The maximum Gasteiger partial charge on any atom is 0.287 e. The molecule has 0 saturated heterocycles. The highest BCUT2D eigenvalue weighted by molar-refractivity contribution is 9.10. The molecule has 126 valence electrons. The Hall–Kier alpha value is -2.08. The predicted octanol–water partition coefficient (Wildman–Crippen LogP) is 4.07. The Morgan fingerprint density at radius 3 is 2.92 bits per heavy atom. The first-order chi connectivity index (χ1) is 11.5. The average molecular weight is 390 g/mol. The zero-order valence-electron chi connectivity index (χ0n) is 14.0. The minimum absolute atomic E-state index is 0.172. The molecular formula is C18H20BrN3O2. The van der Waals surface area contributed by atoms with Gasteiger partial charge in [0.25, 0.3) is 5.91 Å². The number of rotatable bonds is 5. The Morgan fingerprint density at radius 1 is 1.42 bits per heavy atom. The summed E-state index contributed by atoms with van der Waals surface area (Å²) in [5.41, 5.74) is 1.59. The fourth-order valence-electron chi connectivity index (χ4n) is 2.75. The third kappa shape index (κ3) is 3.38. The number of halogens is 1. The van der Waals surface area contributed by atoms with Crippen molar-refractivity contribution in [2.24, 2.45) is 5.92 Å². The summed E-state index contributed by atoms with van der Waals surface area (Å²) in [4.78, 5) is 16.7. The van der Waals surface area contributed by atoms with E-state index < -0.39 is 0 Å². The number of nitrogens with zero attached hydrogens (tertiary/aromatic N) is 2. The van der Waals surface area contributed by atoms with E-state index in [0.717, 1.165) is 33.4 Å². The van der Waals surface area contributed by atoms with Crippen molar-refractivity contribution < 1.29 is 9.21 Å². The van der Waals surface area contributed by atoms with E-state index in [1.54, 1.807) is 6.20 Å². The van der Waals surface area contributed by atoms with Gasteiger partial charge in [-0.25, -0.2) is 4.98 Å². The van der Waals surface area contributed by atoms with Gasteiger partial charge in [-0.2, -0.15) is 0 Å². The van der Waals surface area contributed by atoms with Crippen molar-refractivity contribution in [1.82, 2.24) is 14.9 Å². The molecule has 3 rings (SSSR count). The summed E-state index contributed by atoms with van der Waals surface area (Å²) in [7, 11) is 0. The van der Waals surface area contributed by atoms with Gasteiger partial charge in [0.05, 0.1) is 0 Å². The Bertz CT molecular complexity index is 882. The Morgan fingerprint density at radius 2 is 2.21 bits per heavy atom. The van der Waals surface area contributed by atoms with Crippen LogP contribution in [0, 0.1) is 19.8 Å². The highest BCUT2D eigenvalue weighted by atomic mass is 79.9. The van der Waals surface area contributed by atoms with Crippen LogP contribution in [0.1, 0.15) is 28.9 Å². The van der Waals surface area contributed by atoms with Crippen molar-refractivity contribution in [2.75, 3.05) is 6.54 Å². The van der Waals surface area contributed by atoms with E-state index in [1.165, 1.54) is 0 Å². The topological polar surface area (TPSA) is 60.1 Å². The van der Waals surface area contributed by atoms with Gasteiger partial charge in [-0.05, 0) is 38.0 Å². The lowest BCUT2D eigenvalue weighted by atomic mass is 10.1. The van der Waals surface area contributed by atoms with Gasteiger partial charge < -0.3 is 14.3 Å². The minimum Gasteiger partial charge on any atom is -0.451 e. The third-order valence-corrected chi connectivity index (χ3v) is 4.64. The van der Waals surface area contributed by atoms with E-state index >= 15 is 0 Å². The van der Waals surface area contributed by atoms with E-state index in [4.69, 9.17) is 4.42 Å². The number of amides is 1. The monoisotopic (exact) mass is 389 g/mol. The summed E-state index contributed by atoms with van der Waals surface area (Å²) in [5, 5.41) is 3.92. The summed E-state index contributed by atoms with van der Waals surface area (Å²) >= 11 is 3.45. The second-order valence-corrected chi connectivity index (χ2v) is 7.05. The number of aryl methyl sites for hydroxylation is 2. The van der Waals surface area contributed by atoms with E-state index in [9.17, 15) is 4.79 Å². The molecule has 1 amide bonds. The lowest BCUT2D eigenvalue weighted by Crippen LogP contribution is -2.30. The van der Waals surface area contributed by atoms with E-state index in [0.29, 0.717) is 18.2 Å². The smallest absolute Gasteiger partial charge is 0.287 e. The van der Waals surface area contributed by atoms with Crippen LogP contribution in [0.4, 0.5) is 0 Å². The normalized spacial score (nSPS) is 12.5. The lowest BCUT2D eigenvalue weighted by Gasteiger charge is -2.14. The molecule has 0 fully saturated rings. The van der Waals surface area contributed by atoms with Crippen molar-refractivity contribution >= 4 is 32.8 Å². The van der Waals surface area contributed by atoms with Crippen LogP contribution in [0.25, 0.3) is 11.0 Å². The maximum atomic E-state index is 12.5. The van der Waals surface area contributed by atoms with Crippen molar-refractivity contribution in [1.29, 1.82) is 0 Å². The van der Waals surface area contributed by atoms with Crippen LogP contribution in [0.2, 0.25) is 0 Å². The van der Waals surface area contributed by atoms with Crippen molar-refractivity contribution in [3.05, 3.63) is 52.2 Å². The lowest BCUT2D eigenvalue weighted by molar-refractivity contribution is 0.0920. The molecule has 0 bridgehead atoms. The quantitative estimate of drug-likeness (QED) is 0.714. The van der Waals surface area contributed by atoms with E-state index in [2.05, 4.69) is 37.7 Å². The number of fused-ring (bicyclic) bond motifs is 1. The third-order valence-electron chi connectivity index (χ3n) is 4.15. The number of imidazole rings is 1. The standard InChI is InChI=1S/C18H20BrN3O2/c1-11(10-22-7-6-20-13(22)3)9-21-18(23)17-12(2)15-8-14(19)4-5-16(15)24-17/h4-8,11H,9-10H2,1-3H3,(H,21,23). The molecule has 24 heavy (non-hydrogen) atoms. The minimum atomic E-state index is -0.172. The second kappa shape index (κ2) is 6.81. The van der Waals surface area contributed by atoms with Gasteiger partial charge in [0.1, 0.15) is 11.4 Å². The van der Waals surface area contributed by atoms with Crippen molar-refractivity contribution in [3.63, 3.8) is 0 Å². The number of carbonyl (C=O) groups excluding carboxylic acids is 1. The van der Waals surface area contributed by atoms with Gasteiger partial charge in [0.15, 0.2) is 5.76 Å². The summed E-state index contributed by atoms with van der Waals surface area (Å²) in [6.45, 7) is 7.38. The number of nitrogens with one attached hydrogen (secondary N) is 1. The molecule has 5 nitrogen and oxygen atoms in total. The molecule has 2 aromatic heterocycles. The number of carbonyl (C=O) groups is 1. The first-order valence-electron chi connectivity index (χ1n) is 7.90. The number of benzene rings is 1. The molecule has 0 saturated carbocycles. The SMILES string of the molecule is Cc1c(C(=O)NCC(C)Cn2ccnc2C)oc2ccc(Br)cc12. The van der Waals surface area contributed by atoms with Crippen molar-refractivity contribution in [2.45, 2.75) is 27.3 Å².